The Kier molecular flexibility index (Phi) is 6.59. The van der Waals surface area contributed by atoms with Gasteiger partial charge in [0.2, 0.25) is 0 Å². The summed E-state index contributed by atoms with van der Waals surface area (Å²) in [6.45, 7) is 0.650. The van der Waals surface area contributed by atoms with Gasteiger partial charge < -0.3 is 5.32 Å². The van der Waals surface area contributed by atoms with Crippen molar-refractivity contribution in [3.63, 3.8) is 0 Å². The van der Waals surface area contributed by atoms with E-state index >= 15 is 0 Å². The Labute approximate surface area is 201 Å². The maximum absolute atomic E-state index is 4.57. The minimum Gasteiger partial charge on any atom is -0.346 e. The highest BCUT2D eigenvalue weighted by Crippen LogP contribution is 2.34. The van der Waals surface area contributed by atoms with Crippen LogP contribution in [-0.2, 0) is 6.54 Å². The Morgan fingerprint density at radius 2 is 1.00 bits per heavy atom. The average molecular weight is 439 g/mol. The molecule has 34 heavy (non-hydrogen) atoms. The molecular weight excluding hydrogens is 412 g/mol. The first-order chi connectivity index (χ1) is 16.9. The van der Waals surface area contributed by atoms with Crippen molar-refractivity contribution in [1.82, 2.24) is 0 Å². The molecule has 1 N–H and O–H groups in total. The van der Waals surface area contributed by atoms with E-state index in [4.69, 9.17) is 0 Å². The van der Waals surface area contributed by atoms with E-state index in [-0.39, 0.29) is 0 Å². The van der Waals surface area contributed by atoms with E-state index in [2.05, 4.69) is 113 Å². The van der Waals surface area contributed by atoms with Crippen LogP contribution in [0, 0.1) is 0 Å². The van der Waals surface area contributed by atoms with E-state index in [1.54, 1.807) is 6.34 Å². The summed E-state index contributed by atoms with van der Waals surface area (Å²) in [5.41, 5.74) is 9.36. The van der Waals surface area contributed by atoms with Gasteiger partial charge in [-0.2, -0.15) is 0 Å². The standard InChI is InChI=1S/C32H26N2/c1-4-10-25(11-5-1)23-33-24-34-32-21-20-30(27-14-8-3-9-15-27)22-31(32)29-18-16-28(17-19-29)26-12-6-2-7-13-26/h1-22,24H,23H2,(H,33,34). The van der Waals surface area contributed by atoms with Crippen LogP contribution >= 0.6 is 0 Å². The fourth-order valence-corrected chi connectivity index (χ4v) is 4.04. The summed E-state index contributed by atoms with van der Waals surface area (Å²) in [6, 6.07) is 46.5. The van der Waals surface area contributed by atoms with Crippen LogP contribution in [0.4, 0.5) is 5.69 Å². The molecule has 0 radical (unpaired) electrons. The van der Waals surface area contributed by atoms with Crippen molar-refractivity contribution in [3.05, 3.63) is 139 Å². The van der Waals surface area contributed by atoms with Gasteiger partial charge in [0, 0.05) is 11.3 Å². The summed E-state index contributed by atoms with van der Waals surface area (Å²) >= 11 is 0. The third kappa shape index (κ3) is 5.13. The van der Waals surface area contributed by atoms with Gasteiger partial charge in [-0.05, 0) is 45.5 Å². The lowest BCUT2D eigenvalue weighted by atomic mass is 9.95. The lowest BCUT2D eigenvalue weighted by Crippen LogP contribution is -1.98. The van der Waals surface area contributed by atoms with Crippen LogP contribution in [-0.4, -0.2) is 6.34 Å². The van der Waals surface area contributed by atoms with Gasteiger partial charge in [0.1, 0.15) is 0 Å². The predicted octanol–water partition coefficient (Wildman–Crippen LogP) is 8.33. The quantitative estimate of drug-likeness (QED) is 0.200. The molecule has 0 amide bonds. The van der Waals surface area contributed by atoms with Crippen molar-refractivity contribution in [3.8, 4) is 33.4 Å². The van der Waals surface area contributed by atoms with Crippen LogP contribution < -0.4 is 5.32 Å². The molecule has 2 heteroatoms. The van der Waals surface area contributed by atoms with Crippen LogP contribution in [0.3, 0.4) is 0 Å². The lowest BCUT2D eigenvalue weighted by molar-refractivity contribution is 1.08. The van der Waals surface area contributed by atoms with Crippen molar-refractivity contribution in [2.24, 2.45) is 4.99 Å². The molecule has 0 bridgehead atoms. The molecule has 0 aromatic heterocycles. The molecule has 2 nitrogen and oxygen atoms in total. The van der Waals surface area contributed by atoms with Crippen LogP contribution in [0.25, 0.3) is 33.4 Å². The highest BCUT2D eigenvalue weighted by Gasteiger charge is 2.08. The minimum absolute atomic E-state index is 0.650. The Balaban J connectivity index is 1.45. The zero-order valence-corrected chi connectivity index (χ0v) is 18.9. The van der Waals surface area contributed by atoms with Gasteiger partial charge in [0.25, 0.3) is 0 Å². The van der Waals surface area contributed by atoms with E-state index in [0.717, 1.165) is 16.8 Å². The highest BCUT2D eigenvalue weighted by molar-refractivity contribution is 5.90. The summed E-state index contributed by atoms with van der Waals surface area (Å²) in [4.78, 5) is 4.57. The normalized spacial score (nSPS) is 10.9. The summed E-state index contributed by atoms with van der Waals surface area (Å²) in [5, 5.41) is 3.42. The number of nitrogens with one attached hydrogen (secondary N) is 1. The molecule has 5 aromatic carbocycles. The SMILES string of the molecule is C(=N\Cc1ccccc1)/Nc1ccc(-c2ccccc2)cc1-c1ccc(-c2ccccc2)cc1. The van der Waals surface area contributed by atoms with Gasteiger partial charge in [0.15, 0.2) is 0 Å². The summed E-state index contributed by atoms with van der Waals surface area (Å²) in [7, 11) is 0. The Morgan fingerprint density at radius 1 is 0.500 bits per heavy atom. The minimum atomic E-state index is 0.650. The van der Waals surface area contributed by atoms with Crippen molar-refractivity contribution >= 4 is 12.0 Å². The van der Waals surface area contributed by atoms with Gasteiger partial charge in [-0.15, -0.1) is 0 Å². The first kappa shape index (κ1) is 21.4. The van der Waals surface area contributed by atoms with E-state index in [9.17, 15) is 0 Å². The zero-order chi connectivity index (χ0) is 23.0. The fourth-order valence-electron chi connectivity index (χ4n) is 4.04. The summed E-state index contributed by atoms with van der Waals surface area (Å²) < 4.78 is 0. The maximum atomic E-state index is 4.57. The third-order valence-corrected chi connectivity index (χ3v) is 5.86. The number of nitrogens with zero attached hydrogens (tertiary/aromatic N) is 1. The second-order valence-electron chi connectivity index (χ2n) is 8.17. The second-order valence-corrected chi connectivity index (χ2v) is 8.17. The second kappa shape index (κ2) is 10.5. The van der Waals surface area contributed by atoms with Gasteiger partial charge in [-0.25, -0.2) is 0 Å². The molecule has 164 valence electrons. The van der Waals surface area contributed by atoms with Crippen molar-refractivity contribution in [1.29, 1.82) is 0 Å². The number of hydrogen-bond acceptors (Lipinski definition) is 1. The predicted molar refractivity (Wildman–Crippen MR) is 145 cm³/mol. The van der Waals surface area contributed by atoms with E-state index in [1.807, 2.05) is 30.3 Å². The molecule has 5 rings (SSSR count). The van der Waals surface area contributed by atoms with Gasteiger partial charge >= 0.3 is 0 Å². The monoisotopic (exact) mass is 438 g/mol. The Morgan fingerprint density at radius 3 is 1.65 bits per heavy atom. The molecule has 0 aliphatic carbocycles. The maximum Gasteiger partial charge on any atom is 0.0872 e. The molecule has 0 saturated carbocycles. The van der Waals surface area contributed by atoms with Crippen LogP contribution in [0.2, 0.25) is 0 Å². The molecule has 0 heterocycles. The van der Waals surface area contributed by atoms with Gasteiger partial charge in [-0.1, -0.05) is 121 Å². The van der Waals surface area contributed by atoms with E-state index in [1.165, 1.54) is 27.8 Å². The number of hydrogen-bond donors (Lipinski definition) is 1. The molecule has 0 fully saturated rings. The zero-order valence-electron chi connectivity index (χ0n) is 18.9. The highest BCUT2D eigenvalue weighted by atomic mass is 14.9. The van der Waals surface area contributed by atoms with Crippen molar-refractivity contribution in [2.45, 2.75) is 6.54 Å². The summed E-state index contributed by atoms with van der Waals surface area (Å²) in [5.74, 6) is 0. The number of aliphatic imine (C=N–C) groups is 1. The Bertz CT molecular complexity index is 1360. The number of anilines is 1. The van der Waals surface area contributed by atoms with E-state index in [0.29, 0.717) is 6.54 Å². The lowest BCUT2D eigenvalue weighted by Gasteiger charge is -2.13. The van der Waals surface area contributed by atoms with Gasteiger partial charge in [0.05, 0.1) is 12.9 Å². The fraction of sp³-hybridized carbons (Fsp3) is 0.0312. The van der Waals surface area contributed by atoms with Crippen LogP contribution in [0.1, 0.15) is 5.56 Å². The van der Waals surface area contributed by atoms with Gasteiger partial charge in [-0.3, -0.25) is 4.99 Å². The van der Waals surface area contributed by atoms with E-state index < -0.39 is 0 Å². The molecule has 0 saturated heterocycles. The number of rotatable bonds is 7. The molecule has 0 aliphatic rings. The largest absolute Gasteiger partial charge is 0.346 e. The first-order valence-electron chi connectivity index (χ1n) is 11.5. The molecule has 5 aromatic rings. The number of benzene rings is 5. The first-order valence-corrected chi connectivity index (χ1v) is 11.5. The molecule has 0 atom stereocenters. The Hall–Kier alpha value is -4.43. The molecule has 0 spiro atoms. The smallest absolute Gasteiger partial charge is 0.0872 e. The van der Waals surface area contributed by atoms with Crippen molar-refractivity contribution in [2.75, 3.05) is 5.32 Å². The van der Waals surface area contributed by atoms with Crippen molar-refractivity contribution < 1.29 is 0 Å². The molecule has 0 aliphatic heterocycles. The average Bonchev–Trinajstić information content (AvgIpc) is 2.93. The van der Waals surface area contributed by atoms with Crippen LogP contribution in [0.15, 0.2) is 138 Å². The van der Waals surface area contributed by atoms with Crippen LogP contribution in [0.5, 0.6) is 0 Å². The topological polar surface area (TPSA) is 24.4 Å². The molecule has 0 unspecified atom stereocenters. The summed E-state index contributed by atoms with van der Waals surface area (Å²) in [6.07, 6.45) is 1.80. The third-order valence-electron chi connectivity index (χ3n) is 5.86. The molecular formula is C32H26N2.